The number of hydrogen-bond donors (Lipinski definition) is 2. The molecule has 6 heteroatoms. The summed E-state index contributed by atoms with van der Waals surface area (Å²) >= 11 is 3.20. The number of halogens is 1. The van der Waals surface area contributed by atoms with Crippen LogP contribution in [0.15, 0.2) is 33.6 Å². The SMILES string of the molecule is C[C@H](CO)NS(=O)(=O)c1cccc(Br)c1. The molecule has 0 heterocycles. The molecule has 0 aromatic heterocycles. The fraction of sp³-hybridized carbons (Fsp3) is 0.333. The third-order valence-electron chi connectivity index (χ3n) is 1.74. The standard InChI is InChI=1S/C9H12BrNO3S/c1-7(6-12)11-15(13,14)9-4-2-3-8(10)5-9/h2-5,7,11-12H,6H2,1H3/t7-/m1/s1. The van der Waals surface area contributed by atoms with E-state index in [9.17, 15) is 8.42 Å². The van der Waals surface area contributed by atoms with Gasteiger partial charge in [0.05, 0.1) is 11.5 Å². The van der Waals surface area contributed by atoms with Gasteiger partial charge in [-0.15, -0.1) is 0 Å². The number of rotatable bonds is 4. The van der Waals surface area contributed by atoms with E-state index in [1.165, 1.54) is 12.1 Å². The van der Waals surface area contributed by atoms with E-state index in [4.69, 9.17) is 5.11 Å². The highest BCUT2D eigenvalue weighted by Crippen LogP contribution is 2.15. The van der Waals surface area contributed by atoms with Gasteiger partial charge >= 0.3 is 0 Å². The van der Waals surface area contributed by atoms with Crippen molar-refractivity contribution in [2.75, 3.05) is 6.61 Å². The predicted octanol–water partition coefficient (Wildman–Crippen LogP) is 1.11. The molecule has 0 fully saturated rings. The lowest BCUT2D eigenvalue weighted by atomic mass is 10.4. The molecule has 0 aliphatic carbocycles. The molecule has 0 bridgehead atoms. The van der Waals surface area contributed by atoms with Crippen molar-refractivity contribution in [2.45, 2.75) is 17.9 Å². The molecule has 0 saturated heterocycles. The van der Waals surface area contributed by atoms with Crippen LogP contribution in [0, 0.1) is 0 Å². The summed E-state index contributed by atoms with van der Waals surface area (Å²) in [7, 11) is -3.53. The van der Waals surface area contributed by atoms with E-state index < -0.39 is 16.1 Å². The lowest BCUT2D eigenvalue weighted by Gasteiger charge is -2.11. The van der Waals surface area contributed by atoms with Crippen LogP contribution in [0.4, 0.5) is 0 Å². The number of sulfonamides is 1. The molecule has 84 valence electrons. The molecular weight excluding hydrogens is 282 g/mol. The third-order valence-corrected chi connectivity index (χ3v) is 3.82. The minimum Gasteiger partial charge on any atom is -0.395 e. The first-order valence-corrected chi connectivity index (χ1v) is 6.62. The molecule has 0 aliphatic rings. The summed E-state index contributed by atoms with van der Waals surface area (Å²) in [6, 6.07) is 5.90. The summed E-state index contributed by atoms with van der Waals surface area (Å²) in [5.41, 5.74) is 0. The molecule has 0 amide bonds. The second-order valence-electron chi connectivity index (χ2n) is 3.16. The average Bonchev–Trinajstić information content (AvgIpc) is 2.17. The minimum absolute atomic E-state index is 0.178. The van der Waals surface area contributed by atoms with Gasteiger partial charge in [-0.25, -0.2) is 13.1 Å². The highest BCUT2D eigenvalue weighted by Gasteiger charge is 2.16. The summed E-state index contributed by atoms with van der Waals surface area (Å²) in [6.45, 7) is 1.36. The van der Waals surface area contributed by atoms with Crippen LogP contribution in [0.5, 0.6) is 0 Å². The van der Waals surface area contributed by atoms with Gasteiger partial charge in [-0.2, -0.15) is 0 Å². The molecule has 15 heavy (non-hydrogen) atoms. The summed E-state index contributed by atoms with van der Waals surface area (Å²) in [5.74, 6) is 0. The van der Waals surface area contributed by atoms with Crippen molar-refractivity contribution in [2.24, 2.45) is 0 Å². The number of hydrogen-bond acceptors (Lipinski definition) is 3. The van der Waals surface area contributed by atoms with Crippen LogP contribution >= 0.6 is 15.9 Å². The molecular formula is C9H12BrNO3S. The summed E-state index contributed by atoms with van der Waals surface area (Å²) < 4.78 is 26.5. The molecule has 0 saturated carbocycles. The zero-order valence-corrected chi connectivity index (χ0v) is 10.5. The maximum Gasteiger partial charge on any atom is 0.240 e. The van der Waals surface area contributed by atoms with Crippen LogP contribution in [0.2, 0.25) is 0 Å². The Balaban J connectivity index is 2.96. The Morgan fingerprint density at radius 2 is 2.20 bits per heavy atom. The van der Waals surface area contributed by atoms with E-state index in [-0.39, 0.29) is 11.5 Å². The van der Waals surface area contributed by atoms with E-state index in [1.54, 1.807) is 19.1 Å². The fourth-order valence-corrected chi connectivity index (χ4v) is 2.84. The van der Waals surface area contributed by atoms with Gasteiger partial charge in [-0.1, -0.05) is 22.0 Å². The Morgan fingerprint density at radius 3 is 2.73 bits per heavy atom. The van der Waals surface area contributed by atoms with Crippen LogP contribution in [0.25, 0.3) is 0 Å². The predicted molar refractivity (Wildman–Crippen MR) is 61.0 cm³/mol. The normalized spacial score (nSPS) is 13.8. The third kappa shape index (κ3) is 3.57. The Kier molecular flexibility index (Phi) is 4.27. The largest absolute Gasteiger partial charge is 0.395 e. The van der Waals surface area contributed by atoms with Gasteiger partial charge in [0, 0.05) is 10.5 Å². The minimum atomic E-state index is -3.53. The Hall–Kier alpha value is -0.430. The van der Waals surface area contributed by atoms with Crippen molar-refractivity contribution >= 4 is 26.0 Å². The summed E-state index contributed by atoms with van der Waals surface area (Å²) in [6.07, 6.45) is 0. The van der Waals surface area contributed by atoms with E-state index in [0.717, 1.165) is 0 Å². The van der Waals surface area contributed by atoms with Crippen LogP contribution in [-0.2, 0) is 10.0 Å². The smallest absolute Gasteiger partial charge is 0.240 e. The Morgan fingerprint density at radius 1 is 1.53 bits per heavy atom. The molecule has 0 unspecified atom stereocenters. The van der Waals surface area contributed by atoms with Crippen molar-refractivity contribution in [3.05, 3.63) is 28.7 Å². The molecule has 1 aromatic carbocycles. The summed E-state index contributed by atoms with van der Waals surface area (Å²) in [5, 5.41) is 8.76. The molecule has 4 nitrogen and oxygen atoms in total. The number of benzene rings is 1. The highest BCUT2D eigenvalue weighted by atomic mass is 79.9. The van der Waals surface area contributed by atoms with E-state index in [0.29, 0.717) is 4.47 Å². The van der Waals surface area contributed by atoms with Gasteiger partial charge in [0.2, 0.25) is 10.0 Å². The van der Waals surface area contributed by atoms with Crippen molar-refractivity contribution < 1.29 is 13.5 Å². The van der Waals surface area contributed by atoms with Crippen molar-refractivity contribution in [3.63, 3.8) is 0 Å². The second kappa shape index (κ2) is 5.07. The second-order valence-corrected chi connectivity index (χ2v) is 5.79. The first-order valence-electron chi connectivity index (χ1n) is 4.34. The van der Waals surface area contributed by atoms with Gasteiger partial charge in [0.25, 0.3) is 0 Å². The maximum absolute atomic E-state index is 11.7. The number of aliphatic hydroxyl groups is 1. The topological polar surface area (TPSA) is 66.4 Å². The lowest BCUT2D eigenvalue weighted by molar-refractivity contribution is 0.265. The van der Waals surface area contributed by atoms with Crippen molar-refractivity contribution in [1.29, 1.82) is 0 Å². The molecule has 1 aromatic rings. The Bertz CT molecular complexity index is 433. The van der Waals surface area contributed by atoms with Crippen LogP contribution in [-0.4, -0.2) is 26.2 Å². The zero-order valence-electron chi connectivity index (χ0n) is 8.14. The molecule has 1 atom stereocenters. The lowest BCUT2D eigenvalue weighted by Crippen LogP contribution is -2.34. The first-order chi connectivity index (χ1) is 6.95. The van der Waals surface area contributed by atoms with Gasteiger partial charge < -0.3 is 5.11 Å². The fourth-order valence-electron chi connectivity index (χ4n) is 1.00. The number of aliphatic hydroxyl groups excluding tert-OH is 1. The van der Waals surface area contributed by atoms with Gasteiger partial charge in [-0.05, 0) is 25.1 Å². The number of nitrogens with one attached hydrogen (secondary N) is 1. The average molecular weight is 294 g/mol. The monoisotopic (exact) mass is 293 g/mol. The first kappa shape index (κ1) is 12.6. The molecule has 1 rings (SSSR count). The van der Waals surface area contributed by atoms with E-state index in [2.05, 4.69) is 20.7 Å². The Labute approximate surface area is 97.5 Å². The highest BCUT2D eigenvalue weighted by molar-refractivity contribution is 9.10. The van der Waals surface area contributed by atoms with Crippen LogP contribution in [0.3, 0.4) is 0 Å². The van der Waals surface area contributed by atoms with Gasteiger partial charge in [0.15, 0.2) is 0 Å². The molecule has 2 N–H and O–H groups in total. The maximum atomic E-state index is 11.7. The zero-order chi connectivity index (χ0) is 11.5. The molecule has 0 radical (unpaired) electrons. The summed E-state index contributed by atoms with van der Waals surface area (Å²) in [4.78, 5) is 0.178. The van der Waals surface area contributed by atoms with Gasteiger partial charge in [0.1, 0.15) is 0 Å². The van der Waals surface area contributed by atoms with Gasteiger partial charge in [-0.3, -0.25) is 0 Å². The van der Waals surface area contributed by atoms with Crippen LogP contribution in [0.1, 0.15) is 6.92 Å². The van der Waals surface area contributed by atoms with Crippen LogP contribution < -0.4 is 4.72 Å². The molecule has 0 aliphatic heterocycles. The van der Waals surface area contributed by atoms with E-state index >= 15 is 0 Å². The quantitative estimate of drug-likeness (QED) is 0.874. The molecule has 0 spiro atoms. The van der Waals surface area contributed by atoms with E-state index in [1.807, 2.05) is 0 Å². The van der Waals surface area contributed by atoms with Crippen molar-refractivity contribution in [3.8, 4) is 0 Å². The van der Waals surface area contributed by atoms with Crippen molar-refractivity contribution in [1.82, 2.24) is 4.72 Å².